The third-order valence-corrected chi connectivity index (χ3v) is 4.84. The van der Waals surface area contributed by atoms with Gasteiger partial charge >= 0.3 is 12.4 Å². The van der Waals surface area contributed by atoms with E-state index in [0.717, 1.165) is 17.3 Å². The number of fused-ring (bicyclic) bond motifs is 1. The van der Waals surface area contributed by atoms with Gasteiger partial charge < -0.3 is 16.0 Å². The first-order valence-electron chi connectivity index (χ1n) is 9.11. The lowest BCUT2D eigenvalue weighted by molar-refractivity contribution is -0.146. The predicted molar refractivity (Wildman–Crippen MR) is 102 cm³/mol. The number of H-pyrrole nitrogens is 1. The van der Waals surface area contributed by atoms with Gasteiger partial charge in [-0.3, -0.25) is 9.59 Å². The van der Waals surface area contributed by atoms with Gasteiger partial charge in [-0.05, 0) is 36.6 Å². The normalized spacial score (nSPS) is 13.4. The summed E-state index contributed by atoms with van der Waals surface area (Å²) in [5.41, 5.74) is 2.25. The molecule has 0 aliphatic rings. The van der Waals surface area contributed by atoms with Gasteiger partial charge in [-0.25, -0.2) is 4.52 Å². The van der Waals surface area contributed by atoms with Crippen molar-refractivity contribution in [2.45, 2.75) is 32.2 Å². The van der Waals surface area contributed by atoms with Crippen LogP contribution < -0.4 is 16.6 Å². The number of aryl methyl sites for hydroxylation is 2. The van der Waals surface area contributed by atoms with Crippen LogP contribution in [0.4, 0.5) is 26.3 Å². The molecule has 1 unspecified atom stereocenters. The van der Waals surface area contributed by atoms with E-state index in [-0.39, 0.29) is 5.69 Å². The highest BCUT2D eigenvalue weighted by Gasteiger charge is 2.42. The largest absolute Gasteiger partial charge is 0.421 e. The Bertz CT molecular complexity index is 1240. The highest BCUT2D eigenvalue weighted by molar-refractivity contribution is 5.96. The van der Waals surface area contributed by atoms with E-state index >= 15 is 0 Å². The van der Waals surface area contributed by atoms with Crippen LogP contribution in [-0.4, -0.2) is 39.3 Å². The molecule has 4 N–H and O–H groups in total. The standard InChI is InChI=1S/C19H17F6N5O2/c1-8-3-4-10(5-9(8)2)11-7-30-15(17(32)28-11)13(19(23,24)25)14(29-30)16(31)27-6-12(26)18(20,21)22/h3-5,7,12H,6,26H2,1-2H3,(H,27,31)(H,28,32). The number of aromatic amines is 1. The van der Waals surface area contributed by atoms with Gasteiger partial charge in [0, 0.05) is 6.54 Å². The second kappa shape index (κ2) is 7.97. The minimum Gasteiger partial charge on any atom is -0.349 e. The van der Waals surface area contributed by atoms with Gasteiger partial charge in [-0.1, -0.05) is 12.1 Å². The number of hydrogen-bond donors (Lipinski definition) is 3. The smallest absolute Gasteiger partial charge is 0.349 e. The Kier molecular flexibility index (Phi) is 5.80. The molecular formula is C19H17F6N5O2. The Morgan fingerprint density at radius 1 is 1.19 bits per heavy atom. The fourth-order valence-corrected chi connectivity index (χ4v) is 2.97. The van der Waals surface area contributed by atoms with E-state index < -0.39 is 53.2 Å². The van der Waals surface area contributed by atoms with Crippen LogP contribution in [0.3, 0.4) is 0 Å². The summed E-state index contributed by atoms with van der Waals surface area (Å²) in [4.78, 5) is 27.1. The van der Waals surface area contributed by atoms with Gasteiger partial charge in [-0.15, -0.1) is 0 Å². The van der Waals surface area contributed by atoms with E-state index in [0.29, 0.717) is 10.1 Å². The summed E-state index contributed by atoms with van der Waals surface area (Å²) in [7, 11) is 0. The number of carbonyl (C=O) groups is 1. The molecule has 1 aromatic carbocycles. The molecular weight excluding hydrogens is 444 g/mol. The van der Waals surface area contributed by atoms with E-state index in [1.54, 1.807) is 30.4 Å². The second-order valence-corrected chi connectivity index (χ2v) is 7.17. The number of benzene rings is 1. The fourth-order valence-electron chi connectivity index (χ4n) is 2.97. The summed E-state index contributed by atoms with van der Waals surface area (Å²) >= 11 is 0. The molecule has 0 saturated carbocycles. The lowest BCUT2D eigenvalue weighted by atomic mass is 10.0. The van der Waals surface area contributed by atoms with E-state index in [4.69, 9.17) is 5.73 Å². The van der Waals surface area contributed by atoms with Crippen molar-refractivity contribution in [3.05, 3.63) is 57.1 Å². The van der Waals surface area contributed by atoms with Crippen LogP contribution in [0.5, 0.6) is 0 Å². The van der Waals surface area contributed by atoms with Crippen molar-refractivity contribution in [3.63, 3.8) is 0 Å². The first kappa shape index (κ1) is 23.3. The monoisotopic (exact) mass is 461 g/mol. The van der Waals surface area contributed by atoms with Crippen LogP contribution in [0.2, 0.25) is 0 Å². The topological polar surface area (TPSA) is 105 Å². The van der Waals surface area contributed by atoms with Crippen LogP contribution in [0.15, 0.2) is 29.2 Å². The lowest BCUT2D eigenvalue weighted by Crippen LogP contribution is -2.47. The van der Waals surface area contributed by atoms with Crippen molar-refractivity contribution in [1.82, 2.24) is 19.9 Å². The van der Waals surface area contributed by atoms with E-state index in [9.17, 15) is 35.9 Å². The zero-order valence-corrected chi connectivity index (χ0v) is 16.6. The predicted octanol–water partition coefficient (Wildman–Crippen LogP) is 2.94. The molecule has 1 amide bonds. The number of nitrogens with one attached hydrogen (secondary N) is 2. The summed E-state index contributed by atoms with van der Waals surface area (Å²) in [6, 6.07) is 2.60. The van der Waals surface area contributed by atoms with Gasteiger partial charge in [0.05, 0.1) is 11.9 Å². The number of aromatic nitrogens is 3. The number of alkyl halides is 6. The second-order valence-electron chi connectivity index (χ2n) is 7.17. The minimum atomic E-state index is -5.18. The molecule has 1 atom stereocenters. The molecule has 2 aromatic heterocycles. The summed E-state index contributed by atoms with van der Waals surface area (Å²) in [5, 5.41) is 5.23. The summed E-state index contributed by atoms with van der Waals surface area (Å²) in [5.74, 6) is -1.55. The summed E-state index contributed by atoms with van der Waals surface area (Å²) < 4.78 is 79.2. The van der Waals surface area contributed by atoms with E-state index in [1.165, 1.54) is 0 Å². The Labute approximate surface area is 176 Å². The number of hydrogen-bond acceptors (Lipinski definition) is 4. The number of rotatable bonds is 4. The van der Waals surface area contributed by atoms with Crippen LogP contribution in [0.1, 0.15) is 27.2 Å². The van der Waals surface area contributed by atoms with Gasteiger partial charge in [0.15, 0.2) is 5.69 Å². The average Bonchev–Trinajstić information content (AvgIpc) is 3.08. The van der Waals surface area contributed by atoms with Gasteiger partial charge in [0.2, 0.25) is 0 Å². The van der Waals surface area contributed by atoms with Crippen molar-refractivity contribution in [3.8, 4) is 11.3 Å². The first-order chi connectivity index (χ1) is 14.7. The molecule has 172 valence electrons. The molecule has 3 rings (SSSR count). The fraction of sp³-hybridized carbons (Fsp3) is 0.316. The van der Waals surface area contributed by atoms with Gasteiger partial charge in [0.25, 0.3) is 11.5 Å². The van der Waals surface area contributed by atoms with Crippen LogP contribution >= 0.6 is 0 Å². The van der Waals surface area contributed by atoms with Crippen molar-refractivity contribution in [2.75, 3.05) is 6.54 Å². The molecule has 0 saturated heterocycles. The van der Waals surface area contributed by atoms with Crippen molar-refractivity contribution < 1.29 is 31.1 Å². The minimum absolute atomic E-state index is 0.132. The molecule has 13 heteroatoms. The average molecular weight is 461 g/mol. The zero-order chi connectivity index (χ0) is 24.0. The van der Waals surface area contributed by atoms with Crippen molar-refractivity contribution in [1.29, 1.82) is 0 Å². The number of halogens is 6. The molecule has 0 aliphatic carbocycles. The number of nitrogens with two attached hydrogens (primary N) is 1. The van der Waals surface area contributed by atoms with E-state index in [2.05, 4.69) is 10.1 Å². The van der Waals surface area contributed by atoms with Crippen LogP contribution in [-0.2, 0) is 6.18 Å². The maximum absolute atomic E-state index is 13.7. The molecule has 2 heterocycles. The number of amides is 1. The highest BCUT2D eigenvalue weighted by Crippen LogP contribution is 2.34. The zero-order valence-electron chi connectivity index (χ0n) is 16.6. The third kappa shape index (κ3) is 4.47. The molecule has 0 fully saturated rings. The van der Waals surface area contributed by atoms with Gasteiger partial charge in [0.1, 0.15) is 17.1 Å². The Morgan fingerprint density at radius 2 is 1.84 bits per heavy atom. The third-order valence-electron chi connectivity index (χ3n) is 4.84. The summed E-state index contributed by atoms with van der Waals surface area (Å²) in [6.45, 7) is 2.49. The van der Waals surface area contributed by atoms with E-state index in [1.807, 2.05) is 6.92 Å². The van der Waals surface area contributed by atoms with Gasteiger partial charge in [-0.2, -0.15) is 31.4 Å². The maximum Gasteiger partial charge on any atom is 0.421 e. The van der Waals surface area contributed by atoms with Crippen molar-refractivity contribution >= 4 is 11.4 Å². The molecule has 32 heavy (non-hydrogen) atoms. The molecule has 0 aliphatic heterocycles. The Morgan fingerprint density at radius 3 is 2.41 bits per heavy atom. The Balaban J connectivity index is 2.11. The molecule has 0 radical (unpaired) electrons. The molecule has 7 nitrogen and oxygen atoms in total. The number of carbonyl (C=O) groups excluding carboxylic acids is 1. The maximum atomic E-state index is 13.7. The van der Waals surface area contributed by atoms with Crippen molar-refractivity contribution in [2.24, 2.45) is 5.73 Å². The number of nitrogens with zero attached hydrogens (tertiary/aromatic N) is 2. The van der Waals surface area contributed by atoms with Crippen LogP contribution in [0, 0.1) is 13.8 Å². The Hall–Kier alpha value is -3.35. The molecule has 0 bridgehead atoms. The molecule has 3 aromatic rings. The lowest BCUT2D eigenvalue weighted by Gasteiger charge is -2.15. The first-order valence-corrected chi connectivity index (χ1v) is 9.11. The van der Waals surface area contributed by atoms with Crippen LogP contribution in [0.25, 0.3) is 16.8 Å². The molecule has 0 spiro atoms. The SMILES string of the molecule is Cc1ccc(-c2cn3nc(C(=O)NCC(N)C(F)(F)F)c(C(F)(F)F)c3c(=O)[nH]2)cc1C. The quantitative estimate of drug-likeness (QED) is 0.520. The summed E-state index contributed by atoms with van der Waals surface area (Å²) in [6.07, 6.45) is -8.96. The highest BCUT2D eigenvalue weighted by atomic mass is 19.4.